The molecule has 0 saturated heterocycles. The van der Waals surface area contributed by atoms with Crippen molar-refractivity contribution in [2.75, 3.05) is 6.61 Å². The van der Waals surface area contributed by atoms with Crippen molar-refractivity contribution in [1.82, 2.24) is 0 Å². The molecule has 0 bridgehead atoms. The van der Waals surface area contributed by atoms with Crippen molar-refractivity contribution in [3.8, 4) is 0 Å². The van der Waals surface area contributed by atoms with E-state index in [-0.39, 0.29) is 17.9 Å². The van der Waals surface area contributed by atoms with Crippen molar-refractivity contribution >= 4 is 5.97 Å². The van der Waals surface area contributed by atoms with Gasteiger partial charge in [0.2, 0.25) is 0 Å². The van der Waals surface area contributed by atoms with Gasteiger partial charge in [-0.1, -0.05) is 6.92 Å². The predicted octanol–water partition coefficient (Wildman–Crippen LogP) is 0.742. The zero-order chi connectivity index (χ0) is 7.72. The lowest BCUT2D eigenvalue weighted by atomic mass is 10.3. The van der Waals surface area contributed by atoms with Crippen LogP contribution < -0.4 is 0 Å². The van der Waals surface area contributed by atoms with E-state index in [2.05, 4.69) is 0 Å². The molecule has 0 aromatic heterocycles. The van der Waals surface area contributed by atoms with Crippen molar-refractivity contribution in [1.29, 1.82) is 0 Å². The Morgan fingerprint density at radius 3 is 2.60 bits per heavy atom. The largest absolute Gasteiger partial charge is 0.481 e. The average Bonchev–Trinajstić information content (AvgIpc) is 2.43. The molecule has 0 aromatic carbocycles. The van der Waals surface area contributed by atoms with Crippen LogP contribution in [0, 0.1) is 11.8 Å². The third kappa shape index (κ3) is 1.14. The highest BCUT2D eigenvalue weighted by Crippen LogP contribution is 2.41. The summed E-state index contributed by atoms with van der Waals surface area (Å²) in [6.45, 7) is 4.39. The van der Waals surface area contributed by atoms with Crippen LogP contribution in [-0.2, 0) is 9.53 Å². The highest BCUT2D eigenvalue weighted by atomic mass is 16.5. The van der Waals surface area contributed by atoms with Gasteiger partial charge in [0.15, 0.2) is 0 Å². The first-order valence-corrected chi connectivity index (χ1v) is 3.53. The van der Waals surface area contributed by atoms with Crippen LogP contribution >= 0.6 is 0 Å². The van der Waals surface area contributed by atoms with Gasteiger partial charge in [0.1, 0.15) is 0 Å². The lowest BCUT2D eigenvalue weighted by Crippen LogP contribution is -2.04. The quantitative estimate of drug-likeness (QED) is 0.635. The standard InChI is InChI=1S/C7H12O3/c1-3-10-6-4(2)5(6)7(8)9/h4-6H,3H2,1-2H3,(H,8,9)/t4-,5-,6-/m0/s1. The van der Waals surface area contributed by atoms with Crippen LogP contribution in [0.4, 0.5) is 0 Å². The zero-order valence-corrected chi connectivity index (χ0v) is 6.20. The maximum atomic E-state index is 10.4. The van der Waals surface area contributed by atoms with Gasteiger partial charge in [-0.05, 0) is 12.8 Å². The van der Waals surface area contributed by atoms with E-state index >= 15 is 0 Å². The summed E-state index contributed by atoms with van der Waals surface area (Å²) in [7, 11) is 0. The number of carbonyl (C=O) groups is 1. The Labute approximate surface area is 60.0 Å². The predicted molar refractivity (Wildman–Crippen MR) is 35.7 cm³/mol. The van der Waals surface area contributed by atoms with Gasteiger partial charge in [0.05, 0.1) is 12.0 Å². The summed E-state index contributed by atoms with van der Waals surface area (Å²) in [6, 6.07) is 0. The van der Waals surface area contributed by atoms with Crippen LogP contribution in [0.5, 0.6) is 0 Å². The van der Waals surface area contributed by atoms with Crippen LogP contribution in [0.3, 0.4) is 0 Å². The molecule has 1 aliphatic rings. The van der Waals surface area contributed by atoms with Crippen molar-refractivity contribution < 1.29 is 14.6 Å². The Morgan fingerprint density at radius 2 is 2.30 bits per heavy atom. The molecule has 0 aliphatic heterocycles. The second kappa shape index (κ2) is 2.58. The van der Waals surface area contributed by atoms with Crippen LogP contribution in [0.2, 0.25) is 0 Å². The molecule has 1 N–H and O–H groups in total. The Morgan fingerprint density at radius 1 is 1.70 bits per heavy atom. The van der Waals surface area contributed by atoms with Gasteiger partial charge >= 0.3 is 5.97 Å². The van der Waals surface area contributed by atoms with Gasteiger partial charge in [-0.15, -0.1) is 0 Å². The first-order chi connectivity index (χ1) is 4.68. The number of aliphatic carboxylic acids is 1. The van der Waals surface area contributed by atoms with E-state index in [1.165, 1.54) is 0 Å². The normalized spacial score (nSPS) is 37.6. The Bertz CT molecular complexity index is 144. The Balaban J connectivity index is 2.34. The summed E-state index contributed by atoms with van der Waals surface area (Å²) in [5.41, 5.74) is 0. The maximum absolute atomic E-state index is 10.4. The summed E-state index contributed by atoms with van der Waals surface area (Å²) < 4.78 is 5.16. The molecule has 0 heterocycles. The molecule has 1 rings (SSSR count). The SMILES string of the molecule is CCO[C@H]1[C@@H](C)[C@@H]1C(=O)O. The summed E-state index contributed by atoms with van der Waals surface area (Å²) in [4.78, 5) is 10.4. The fraction of sp³-hybridized carbons (Fsp3) is 0.857. The highest BCUT2D eigenvalue weighted by molar-refractivity contribution is 5.74. The monoisotopic (exact) mass is 144 g/mol. The smallest absolute Gasteiger partial charge is 0.309 e. The zero-order valence-electron chi connectivity index (χ0n) is 6.20. The first kappa shape index (κ1) is 7.54. The molecular weight excluding hydrogens is 132 g/mol. The molecule has 0 amide bonds. The molecule has 0 unspecified atom stereocenters. The number of rotatable bonds is 3. The topological polar surface area (TPSA) is 46.5 Å². The fourth-order valence-electron chi connectivity index (χ4n) is 1.24. The van der Waals surface area contributed by atoms with Crippen molar-refractivity contribution in [2.24, 2.45) is 11.8 Å². The molecule has 3 atom stereocenters. The van der Waals surface area contributed by atoms with E-state index in [1.54, 1.807) is 0 Å². The van der Waals surface area contributed by atoms with Crippen LogP contribution in [0.1, 0.15) is 13.8 Å². The number of ether oxygens (including phenoxy) is 1. The molecule has 1 fully saturated rings. The number of hydrogen-bond donors (Lipinski definition) is 1. The molecule has 1 aliphatic carbocycles. The molecule has 10 heavy (non-hydrogen) atoms. The van der Waals surface area contributed by atoms with Gasteiger partial charge in [-0.3, -0.25) is 4.79 Å². The van der Waals surface area contributed by atoms with Crippen molar-refractivity contribution in [3.63, 3.8) is 0 Å². The number of hydrogen-bond acceptors (Lipinski definition) is 2. The van der Waals surface area contributed by atoms with Crippen LogP contribution in [-0.4, -0.2) is 23.8 Å². The van der Waals surface area contributed by atoms with Gasteiger partial charge < -0.3 is 9.84 Å². The van der Waals surface area contributed by atoms with E-state index < -0.39 is 5.97 Å². The summed E-state index contributed by atoms with van der Waals surface area (Å²) >= 11 is 0. The fourth-order valence-corrected chi connectivity index (χ4v) is 1.24. The molecule has 0 radical (unpaired) electrons. The lowest BCUT2D eigenvalue weighted by molar-refractivity contribution is -0.139. The second-order valence-corrected chi connectivity index (χ2v) is 2.64. The molecule has 3 nitrogen and oxygen atoms in total. The molecular formula is C7H12O3. The Hall–Kier alpha value is -0.570. The summed E-state index contributed by atoms with van der Waals surface area (Å²) in [5.74, 6) is -0.775. The molecule has 58 valence electrons. The summed E-state index contributed by atoms with van der Waals surface area (Å²) in [6.07, 6.45) is -0.0255. The van der Waals surface area contributed by atoms with Gasteiger partial charge in [0, 0.05) is 6.61 Å². The third-order valence-corrected chi connectivity index (χ3v) is 1.94. The highest BCUT2D eigenvalue weighted by Gasteiger charge is 2.52. The molecule has 1 saturated carbocycles. The van der Waals surface area contributed by atoms with Gasteiger partial charge in [-0.2, -0.15) is 0 Å². The Kier molecular flexibility index (Phi) is 1.94. The van der Waals surface area contributed by atoms with E-state index in [4.69, 9.17) is 9.84 Å². The minimum absolute atomic E-state index is 0.0255. The van der Waals surface area contributed by atoms with Gasteiger partial charge in [0.25, 0.3) is 0 Å². The maximum Gasteiger partial charge on any atom is 0.309 e. The minimum Gasteiger partial charge on any atom is -0.481 e. The number of carboxylic acid groups (broad SMARTS) is 1. The van der Waals surface area contributed by atoms with E-state index in [1.807, 2.05) is 13.8 Å². The number of carboxylic acids is 1. The van der Waals surface area contributed by atoms with Crippen LogP contribution in [0.25, 0.3) is 0 Å². The molecule has 0 spiro atoms. The van der Waals surface area contributed by atoms with E-state index in [0.717, 1.165) is 0 Å². The first-order valence-electron chi connectivity index (χ1n) is 3.53. The average molecular weight is 144 g/mol. The molecule has 0 aromatic rings. The minimum atomic E-state index is -0.731. The molecule has 3 heteroatoms. The van der Waals surface area contributed by atoms with E-state index in [0.29, 0.717) is 6.61 Å². The van der Waals surface area contributed by atoms with E-state index in [9.17, 15) is 4.79 Å². The third-order valence-electron chi connectivity index (χ3n) is 1.94. The second-order valence-electron chi connectivity index (χ2n) is 2.64. The van der Waals surface area contributed by atoms with Crippen molar-refractivity contribution in [3.05, 3.63) is 0 Å². The summed E-state index contributed by atoms with van der Waals surface area (Å²) in [5, 5.41) is 8.54. The van der Waals surface area contributed by atoms with Crippen molar-refractivity contribution in [2.45, 2.75) is 20.0 Å². The van der Waals surface area contributed by atoms with Gasteiger partial charge in [-0.25, -0.2) is 0 Å². The lowest BCUT2D eigenvalue weighted by Gasteiger charge is -1.94. The van der Waals surface area contributed by atoms with Crippen LogP contribution in [0.15, 0.2) is 0 Å².